The summed E-state index contributed by atoms with van der Waals surface area (Å²) in [6.45, 7) is 3.98. The van der Waals surface area contributed by atoms with Gasteiger partial charge in [0, 0.05) is 30.7 Å². The molecular formula is C22H24N4O2. The van der Waals surface area contributed by atoms with E-state index >= 15 is 0 Å². The van der Waals surface area contributed by atoms with Gasteiger partial charge in [0.15, 0.2) is 0 Å². The van der Waals surface area contributed by atoms with Gasteiger partial charge in [0.25, 0.3) is 5.91 Å². The van der Waals surface area contributed by atoms with Gasteiger partial charge in [-0.25, -0.2) is 0 Å². The summed E-state index contributed by atoms with van der Waals surface area (Å²) in [4.78, 5) is 19.6. The summed E-state index contributed by atoms with van der Waals surface area (Å²) in [5.74, 6) is 0.0173. The third-order valence-corrected chi connectivity index (χ3v) is 5.46. The number of carbonyl (C=O) groups excluding carboxylic acids is 1. The van der Waals surface area contributed by atoms with Gasteiger partial charge in [-0.3, -0.25) is 9.78 Å². The number of aromatic nitrogens is 2. The largest absolute Gasteiger partial charge is 0.378 e. The molecule has 1 aliphatic carbocycles. The lowest BCUT2D eigenvalue weighted by molar-refractivity contribution is 0.0952. The third-order valence-electron chi connectivity index (χ3n) is 5.46. The van der Waals surface area contributed by atoms with Crippen LogP contribution in [0.5, 0.6) is 0 Å². The molecule has 1 amide bonds. The number of amides is 1. The molecule has 6 heteroatoms. The van der Waals surface area contributed by atoms with E-state index in [9.17, 15) is 4.79 Å². The van der Waals surface area contributed by atoms with Crippen molar-refractivity contribution in [2.45, 2.75) is 25.4 Å². The summed E-state index contributed by atoms with van der Waals surface area (Å²) in [6.07, 6.45) is 6.15. The van der Waals surface area contributed by atoms with Gasteiger partial charge in [-0.15, -0.1) is 0 Å². The average molecular weight is 376 g/mol. The van der Waals surface area contributed by atoms with Crippen molar-refractivity contribution in [1.29, 1.82) is 0 Å². The first-order valence-electron chi connectivity index (χ1n) is 9.94. The van der Waals surface area contributed by atoms with E-state index in [0.29, 0.717) is 12.6 Å². The predicted molar refractivity (Wildman–Crippen MR) is 109 cm³/mol. The van der Waals surface area contributed by atoms with E-state index in [1.807, 2.05) is 24.5 Å². The zero-order valence-corrected chi connectivity index (χ0v) is 15.8. The Morgan fingerprint density at radius 1 is 1.14 bits per heavy atom. The van der Waals surface area contributed by atoms with Gasteiger partial charge in [-0.05, 0) is 37.1 Å². The number of carbonyl (C=O) groups is 1. The average Bonchev–Trinajstić information content (AvgIpc) is 3.47. The maximum atomic E-state index is 12.7. The number of hydrogen-bond donors (Lipinski definition) is 1. The highest BCUT2D eigenvalue weighted by atomic mass is 16.5. The molecule has 5 rings (SSSR count). The second kappa shape index (κ2) is 7.28. The molecule has 3 aromatic rings. The van der Waals surface area contributed by atoms with Crippen molar-refractivity contribution in [3.05, 3.63) is 60.0 Å². The number of morpholine rings is 1. The number of nitrogens with zero attached hydrogens (tertiary/aromatic N) is 3. The topological polar surface area (TPSA) is 59.4 Å². The molecule has 6 nitrogen and oxygen atoms in total. The smallest absolute Gasteiger partial charge is 0.253 e. The van der Waals surface area contributed by atoms with Crippen LogP contribution in [0, 0.1) is 0 Å². The van der Waals surface area contributed by atoms with E-state index < -0.39 is 0 Å². The molecule has 1 N–H and O–H groups in total. The number of pyridine rings is 1. The second-order valence-electron chi connectivity index (χ2n) is 7.54. The normalized spacial score (nSPS) is 17.1. The molecule has 2 aliphatic rings. The van der Waals surface area contributed by atoms with Crippen molar-refractivity contribution in [2.24, 2.45) is 0 Å². The van der Waals surface area contributed by atoms with E-state index in [2.05, 4.69) is 44.0 Å². The molecule has 1 saturated carbocycles. The van der Waals surface area contributed by atoms with Crippen molar-refractivity contribution in [2.75, 3.05) is 31.2 Å². The van der Waals surface area contributed by atoms with Crippen molar-refractivity contribution in [1.82, 2.24) is 14.9 Å². The van der Waals surface area contributed by atoms with Crippen LogP contribution in [0.3, 0.4) is 0 Å². The monoisotopic (exact) mass is 376 g/mol. The molecule has 28 heavy (non-hydrogen) atoms. The summed E-state index contributed by atoms with van der Waals surface area (Å²) in [5.41, 5.74) is 3.82. The number of nitrogens with one attached hydrogen (secondary N) is 1. The quantitative estimate of drug-likeness (QED) is 0.744. The van der Waals surface area contributed by atoms with Crippen LogP contribution >= 0.6 is 0 Å². The molecule has 0 atom stereocenters. The fourth-order valence-corrected chi connectivity index (χ4v) is 3.76. The maximum absolute atomic E-state index is 12.7. The highest BCUT2D eigenvalue weighted by Crippen LogP contribution is 2.24. The summed E-state index contributed by atoms with van der Waals surface area (Å²) in [6, 6.07) is 12.5. The van der Waals surface area contributed by atoms with Gasteiger partial charge in [0.2, 0.25) is 0 Å². The Bertz CT molecular complexity index is 985. The number of rotatable bonds is 5. The molecule has 0 unspecified atom stereocenters. The number of anilines is 1. The first-order valence-corrected chi connectivity index (χ1v) is 9.94. The van der Waals surface area contributed by atoms with Crippen molar-refractivity contribution >= 4 is 22.5 Å². The minimum Gasteiger partial charge on any atom is -0.378 e. The lowest BCUT2D eigenvalue weighted by atomic mass is 10.1. The first-order chi connectivity index (χ1) is 13.8. The number of benzene rings is 1. The fraction of sp³-hybridized carbons (Fsp3) is 0.364. The molecule has 1 saturated heterocycles. The molecule has 2 fully saturated rings. The predicted octanol–water partition coefficient (Wildman–Crippen LogP) is 2.81. The molecule has 2 aromatic heterocycles. The van der Waals surface area contributed by atoms with Crippen LogP contribution in [0.25, 0.3) is 10.9 Å². The SMILES string of the molecule is O=C(NC1CC1)c1cccc2ccn(Cc3ccc(N4CCOCC4)cn3)c12. The van der Waals surface area contributed by atoms with Crippen LogP contribution in [-0.4, -0.2) is 47.8 Å². The molecule has 0 radical (unpaired) electrons. The number of ether oxygens (including phenoxy) is 1. The molecule has 3 heterocycles. The number of fused-ring (bicyclic) bond motifs is 1. The van der Waals surface area contributed by atoms with E-state index in [4.69, 9.17) is 4.74 Å². The van der Waals surface area contributed by atoms with Crippen LogP contribution in [0.1, 0.15) is 28.9 Å². The number of hydrogen-bond acceptors (Lipinski definition) is 4. The zero-order chi connectivity index (χ0) is 18.9. The molecule has 1 aliphatic heterocycles. The Morgan fingerprint density at radius 2 is 2.00 bits per heavy atom. The summed E-state index contributed by atoms with van der Waals surface area (Å²) in [5, 5.41) is 4.18. The van der Waals surface area contributed by atoms with E-state index in [1.165, 1.54) is 0 Å². The van der Waals surface area contributed by atoms with Crippen molar-refractivity contribution in [3.63, 3.8) is 0 Å². The third kappa shape index (κ3) is 3.47. The van der Waals surface area contributed by atoms with Gasteiger partial charge in [0.1, 0.15) is 0 Å². The van der Waals surface area contributed by atoms with Gasteiger partial charge in [-0.1, -0.05) is 12.1 Å². The highest BCUT2D eigenvalue weighted by Gasteiger charge is 2.25. The Hall–Kier alpha value is -2.86. The summed E-state index contributed by atoms with van der Waals surface area (Å²) < 4.78 is 7.54. The van der Waals surface area contributed by atoms with E-state index in [1.54, 1.807) is 0 Å². The lowest BCUT2D eigenvalue weighted by Gasteiger charge is -2.28. The molecule has 0 spiro atoms. The fourth-order valence-electron chi connectivity index (χ4n) is 3.76. The van der Waals surface area contributed by atoms with Gasteiger partial charge < -0.3 is 19.5 Å². The van der Waals surface area contributed by atoms with Gasteiger partial charge in [-0.2, -0.15) is 0 Å². The van der Waals surface area contributed by atoms with Crippen LogP contribution in [0.4, 0.5) is 5.69 Å². The summed E-state index contributed by atoms with van der Waals surface area (Å²) >= 11 is 0. The Morgan fingerprint density at radius 3 is 2.75 bits per heavy atom. The first kappa shape index (κ1) is 17.3. The Kier molecular flexibility index (Phi) is 4.49. The maximum Gasteiger partial charge on any atom is 0.253 e. The Balaban J connectivity index is 1.39. The van der Waals surface area contributed by atoms with Crippen LogP contribution in [0.2, 0.25) is 0 Å². The Labute approximate surface area is 164 Å². The molecule has 0 bridgehead atoms. The second-order valence-corrected chi connectivity index (χ2v) is 7.54. The lowest BCUT2D eigenvalue weighted by Crippen LogP contribution is -2.36. The zero-order valence-electron chi connectivity index (χ0n) is 15.8. The van der Waals surface area contributed by atoms with E-state index in [-0.39, 0.29) is 5.91 Å². The molecule has 1 aromatic carbocycles. The minimum absolute atomic E-state index is 0.0173. The highest BCUT2D eigenvalue weighted by molar-refractivity contribution is 6.06. The molecule has 144 valence electrons. The minimum atomic E-state index is 0.0173. The molecular weight excluding hydrogens is 352 g/mol. The summed E-state index contributed by atoms with van der Waals surface area (Å²) in [7, 11) is 0. The van der Waals surface area contributed by atoms with Crippen molar-refractivity contribution < 1.29 is 9.53 Å². The van der Waals surface area contributed by atoms with Crippen LogP contribution in [-0.2, 0) is 11.3 Å². The van der Waals surface area contributed by atoms with Gasteiger partial charge >= 0.3 is 0 Å². The van der Waals surface area contributed by atoms with Crippen LogP contribution in [0.15, 0.2) is 48.8 Å². The van der Waals surface area contributed by atoms with Crippen molar-refractivity contribution in [3.8, 4) is 0 Å². The van der Waals surface area contributed by atoms with E-state index in [0.717, 1.165) is 67.0 Å². The van der Waals surface area contributed by atoms with Gasteiger partial charge in [0.05, 0.1) is 48.4 Å². The van der Waals surface area contributed by atoms with Crippen LogP contribution < -0.4 is 10.2 Å². The standard InChI is InChI=1S/C22H24N4O2/c27-22(24-17-4-5-17)20-3-1-2-16-8-9-26(21(16)20)15-18-6-7-19(14-23-18)25-10-12-28-13-11-25/h1-3,6-9,14,17H,4-5,10-13,15H2,(H,24,27). The number of para-hydroxylation sites is 1.